The molecule has 4 rings (SSSR count). The fourth-order valence-corrected chi connectivity index (χ4v) is 5.04. The van der Waals surface area contributed by atoms with Crippen LogP contribution < -0.4 is 5.32 Å². The van der Waals surface area contributed by atoms with Gasteiger partial charge in [0.15, 0.2) is 0 Å². The summed E-state index contributed by atoms with van der Waals surface area (Å²) in [5, 5.41) is 3.61. The maximum absolute atomic E-state index is 13.8. The lowest BCUT2D eigenvalue weighted by atomic mass is 9.95. The summed E-state index contributed by atoms with van der Waals surface area (Å²) in [6.45, 7) is 5.25. The molecule has 2 aromatic rings. The van der Waals surface area contributed by atoms with Gasteiger partial charge in [-0.25, -0.2) is 0 Å². The van der Waals surface area contributed by atoms with E-state index < -0.39 is 11.8 Å². The number of carbonyl (C=O) groups excluding carboxylic acids is 3. The van der Waals surface area contributed by atoms with Gasteiger partial charge in [-0.3, -0.25) is 19.3 Å². The molecule has 2 aromatic carbocycles. The Morgan fingerprint density at radius 3 is 2.43 bits per heavy atom. The average molecular weight is 518 g/mol. The Hall–Kier alpha value is -2.61. The van der Waals surface area contributed by atoms with E-state index >= 15 is 0 Å². The first-order chi connectivity index (χ1) is 16.8. The number of hydrogen-bond acceptors (Lipinski definition) is 4. The number of benzene rings is 2. The summed E-state index contributed by atoms with van der Waals surface area (Å²) in [5.74, 6) is -0.619. The van der Waals surface area contributed by atoms with Crippen molar-refractivity contribution in [2.45, 2.75) is 44.9 Å². The fraction of sp³-hybridized carbons (Fsp3) is 0.423. The molecule has 186 valence electrons. The summed E-state index contributed by atoms with van der Waals surface area (Å²) in [4.78, 5) is 43.2. The Kier molecular flexibility index (Phi) is 7.69. The number of nitrogens with one attached hydrogen (secondary N) is 1. The highest BCUT2D eigenvalue weighted by Gasteiger charge is 2.54. The second-order valence-electron chi connectivity index (χ2n) is 8.98. The Balaban J connectivity index is 1.58. The predicted octanol–water partition coefficient (Wildman–Crippen LogP) is 4.30. The Bertz CT molecular complexity index is 1130. The molecule has 3 amide bonds. The molecule has 2 heterocycles. The average Bonchev–Trinajstić information content (AvgIpc) is 3.22. The van der Waals surface area contributed by atoms with Gasteiger partial charge in [0.1, 0.15) is 11.8 Å². The molecule has 0 saturated carbocycles. The summed E-state index contributed by atoms with van der Waals surface area (Å²) >= 11 is 12.1. The lowest BCUT2D eigenvalue weighted by molar-refractivity contribution is -0.128. The molecule has 1 N–H and O–H groups in total. The molecular weight excluding hydrogens is 489 g/mol. The van der Waals surface area contributed by atoms with Crippen molar-refractivity contribution in [1.82, 2.24) is 15.1 Å². The predicted molar refractivity (Wildman–Crippen MR) is 135 cm³/mol. The third-order valence-corrected chi connectivity index (χ3v) is 7.44. The van der Waals surface area contributed by atoms with E-state index in [0.717, 1.165) is 12.0 Å². The van der Waals surface area contributed by atoms with Crippen LogP contribution in [0.4, 0.5) is 0 Å². The van der Waals surface area contributed by atoms with E-state index in [1.807, 2.05) is 32.0 Å². The summed E-state index contributed by atoms with van der Waals surface area (Å²) in [6, 6.07) is 11.4. The standard InChI is InChI=1S/C26H29Cl2N3O4/c1-3-12-29-23(32)22-16-35-26(31(22)25(34)19-7-5-4-6-17(19)2)10-13-30(14-11-26)24(33)18-8-9-20(27)21(28)15-18/h4-9,15,22H,3,10-14,16H2,1-2H3,(H,29,32). The van der Waals surface area contributed by atoms with Crippen molar-refractivity contribution in [3.8, 4) is 0 Å². The summed E-state index contributed by atoms with van der Waals surface area (Å²) in [6.07, 6.45) is 1.59. The third kappa shape index (κ3) is 5.03. The van der Waals surface area contributed by atoms with Gasteiger partial charge in [-0.05, 0) is 43.2 Å². The summed E-state index contributed by atoms with van der Waals surface area (Å²) < 4.78 is 6.23. The van der Waals surface area contributed by atoms with Gasteiger partial charge in [-0.15, -0.1) is 0 Å². The summed E-state index contributed by atoms with van der Waals surface area (Å²) in [5.41, 5.74) is 0.869. The third-order valence-electron chi connectivity index (χ3n) is 6.71. The zero-order valence-electron chi connectivity index (χ0n) is 19.9. The Morgan fingerprint density at radius 1 is 1.06 bits per heavy atom. The van der Waals surface area contributed by atoms with E-state index in [9.17, 15) is 14.4 Å². The number of likely N-dealkylation sites (tertiary alicyclic amines) is 1. The maximum atomic E-state index is 13.8. The molecule has 0 radical (unpaired) electrons. The van der Waals surface area contributed by atoms with Crippen LogP contribution in [0.15, 0.2) is 42.5 Å². The monoisotopic (exact) mass is 517 g/mol. The molecule has 7 nitrogen and oxygen atoms in total. The van der Waals surface area contributed by atoms with Gasteiger partial charge in [0.05, 0.1) is 16.7 Å². The van der Waals surface area contributed by atoms with E-state index in [2.05, 4.69) is 5.32 Å². The van der Waals surface area contributed by atoms with Crippen LogP contribution in [-0.2, 0) is 9.53 Å². The highest BCUT2D eigenvalue weighted by Crippen LogP contribution is 2.39. The molecule has 1 atom stereocenters. The molecule has 1 spiro atoms. The van der Waals surface area contributed by atoms with Gasteiger partial charge < -0.3 is 15.0 Å². The number of carbonyl (C=O) groups is 3. The zero-order chi connectivity index (χ0) is 25.2. The highest BCUT2D eigenvalue weighted by atomic mass is 35.5. The van der Waals surface area contributed by atoms with E-state index in [4.69, 9.17) is 27.9 Å². The number of piperidine rings is 1. The van der Waals surface area contributed by atoms with Crippen LogP contribution in [0.3, 0.4) is 0 Å². The van der Waals surface area contributed by atoms with Crippen molar-refractivity contribution in [2.75, 3.05) is 26.2 Å². The molecule has 9 heteroatoms. The first-order valence-corrected chi connectivity index (χ1v) is 12.6. The van der Waals surface area contributed by atoms with E-state index in [1.54, 1.807) is 34.1 Å². The second kappa shape index (κ2) is 10.6. The molecule has 2 aliphatic heterocycles. The topological polar surface area (TPSA) is 79.0 Å². The molecule has 35 heavy (non-hydrogen) atoms. The fourth-order valence-electron chi connectivity index (χ4n) is 4.75. The van der Waals surface area contributed by atoms with E-state index in [0.29, 0.717) is 53.6 Å². The second-order valence-corrected chi connectivity index (χ2v) is 9.79. The highest BCUT2D eigenvalue weighted by molar-refractivity contribution is 6.42. The largest absolute Gasteiger partial charge is 0.354 e. The lowest BCUT2D eigenvalue weighted by Gasteiger charge is -2.44. The normalized spacial score (nSPS) is 19.1. The lowest BCUT2D eigenvalue weighted by Crippen LogP contribution is -2.60. The smallest absolute Gasteiger partial charge is 0.257 e. The number of rotatable bonds is 5. The van der Waals surface area contributed by atoms with Crippen LogP contribution >= 0.6 is 23.2 Å². The van der Waals surface area contributed by atoms with Gasteiger partial charge >= 0.3 is 0 Å². The molecule has 0 aliphatic carbocycles. The number of amides is 3. The molecule has 0 aromatic heterocycles. The number of aryl methyl sites for hydroxylation is 1. The molecule has 2 fully saturated rings. The zero-order valence-corrected chi connectivity index (χ0v) is 21.4. The van der Waals surface area contributed by atoms with Crippen LogP contribution in [0.25, 0.3) is 0 Å². The number of nitrogens with zero attached hydrogens (tertiary/aromatic N) is 2. The Labute approximate surface area is 215 Å². The van der Waals surface area contributed by atoms with Gasteiger partial charge in [-0.2, -0.15) is 0 Å². The minimum absolute atomic E-state index is 0.119. The van der Waals surface area contributed by atoms with Crippen LogP contribution in [0.1, 0.15) is 52.5 Å². The first kappa shape index (κ1) is 25.5. The van der Waals surface area contributed by atoms with Crippen LogP contribution in [0, 0.1) is 6.92 Å². The number of ether oxygens (including phenoxy) is 1. The summed E-state index contributed by atoms with van der Waals surface area (Å²) in [7, 11) is 0. The van der Waals surface area contributed by atoms with Gasteiger partial charge in [-0.1, -0.05) is 48.3 Å². The van der Waals surface area contributed by atoms with Crippen LogP contribution in [0.2, 0.25) is 10.0 Å². The van der Waals surface area contributed by atoms with Crippen molar-refractivity contribution >= 4 is 40.9 Å². The SMILES string of the molecule is CCCNC(=O)C1COC2(CCN(C(=O)c3ccc(Cl)c(Cl)c3)CC2)N1C(=O)c1ccccc1C. The van der Waals surface area contributed by atoms with E-state index in [1.165, 1.54) is 0 Å². The van der Waals surface area contributed by atoms with Gasteiger partial charge in [0.2, 0.25) is 5.91 Å². The van der Waals surface area contributed by atoms with Gasteiger partial charge in [0.25, 0.3) is 11.8 Å². The van der Waals surface area contributed by atoms with Crippen LogP contribution in [-0.4, -0.2) is 65.5 Å². The molecular formula is C26H29Cl2N3O4. The minimum Gasteiger partial charge on any atom is -0.354 e. The van der Waals surface area contributed by atoms with Crippen molar-refractivity contribution in [3.63, 3.8) is 0 Å². The van der Waals surface area contributed by atoms with Crippen LogP contribution in [0.5, 0.6) is 0 Å². The van der Waals surface area contributed by atoms with Crippen molar-refractivity contribution in [2.24, 2.45) is 0 Å². The quantitative estimate of drug-likeness (QED) is 0.641. The molecule has 1 unspecified atom stereocenters. The molecule has 2 saturated heterocycles. The maximum Gasteiger partial charge on any atom is 0.257 e. The molecule has 0 bridgehead atoms. The van der Waals surface area contributed by atoms with Gasteiger partial charge in [0, 0.05) is 43.6 Å². The van der Waals surface area contributed by atoms with Crippen molar-refractivity contribution in [1.29, 1.82) is 0 Å². The minimum atomic E-state index is -0.956. The van der Waals surface area contributed by atoms with Crippen molar-refractivity contribution in [3.05, 3.63) is 69.2 Å². The van der Waals surface area contributed by atoms with Crippen molar-refractivity contribution < 1.29 is 19.1 Å². The number of halogens is 2. The first-order valence-electron chi connectivity index (χ1n) is 11.8. The number of hydrogen-bond donors (Lipinski definition) is 1. The molecule has 2 aliphatic rings. The van der Waals surface area contributed by atoms with E-state index in [-0.39, 0.29) is 24.3 Å². The Morgan fingerprint density at radius 2 is 1.77 bits per heavy atom.